The lowest BCUT2D eigenvalue weighted by Gasteiger charge is -1.98. The second kappa shape index (κ2) is 3.52. The fourth-order valence-electron chi connectivity index (χ4n) is 0.572. The van der Waals surface area contributed by atoms with E-state index in [-0.39, 0.29) is 0 Å². The number of aromatic nitrogens is 3. The number of hydrogen-bond acceptors (Lipinski definition) is 5. The van der Waals surface area contributed by atoms with E-state index in [0.29, 0.717) is 0 Å². The van der Waals surface area contributed by atoms with Crippen molar-refractivity contribution in [2.45, 2.75) is 0 Å². The van der Waals surface area contributed by atoms with Gasteiger partial charge in [-0.25, -0.2) is 14.4 Å². The second-order valence-corrected chi connectivity index (χ2v) is 1.98. The molecule has 3 N–H and O–H groups in total. The van der Waals surface area contributed by atoms with Crippen LogP contribution in [-0.2, 0) is 4.79 Å². The molecule has 0 bridgehead atoms. The quantitative estimate of drug-likeness (QED) is 0.498. The molecular formula is C5H5N3O5. The SMILES string of the molecule is O=C(O)COc1nc(=O)[nH]c(=O)[nH]1. The van der Waals surface area contributed by atoms with E-state index >= 15 is 0 Å². The van der Waals surface area contributed by atoms with Crippen LogP contribution in [0.4, 0.5) is 0 Å². The molecule has 8 heteroatoms. The van der Waals surface area contributed by atoms with Gasteiger partial charge in [0.15, 0.2) is 6.61 Å². The molecule has 1 rings (SSSR count). The third kappa shape index (κ3) is 2.77. The zero-order valence-electron chi connectivity index (χ0n) is 6.23. The van der Waals surface area contributed by atoms with Gasteiger partial charge in [-0.1, -0.05) is 0 Å². The Morgan fingerprint density at radius 1 is 1.46 bits per heavy atom. The molecule has 0 aliphatic heterocycles. The van der Waals surface area contributed by atoms with E-state index in [1.54, 1.807) is 4.98 Å². The lowest BCUT2D eigenvalue weighted by molar-refractivity contribution is -0.139. The zero-order valence-corrected chi connectivity index (χ0v) is 6.23. The number of ether oxygens (including phenoxy) is 1. The minimum atomic E-state index is -1.23. The first-order valence-electron chi connectivity index (χ1n) is 3.13. The van der Waals surface area contributed by atoms with Crippen LogP contribution in [0.25, 0.3) is 0 Å². The highest BCUT2D eigenvalue weighted by Gasteiger charge is 2.02. The van der Waals surface area contributed by atoms with Crippen LogP contribution in [0.1, 0.15) is 0 Å². The summed E-state index contributed by atoms with van der Waals surface area (Å²) in [6.07, 6.45) is 0. The molecule has 0 saturated heterocycles. The standard InChI is InChI=1S/C5H5N3O5/c9-2(10)1-13-5-7-3(11)6-4(12)8-5/h1H2,(H,9,10)(H2,6,7,8,11,12). The molecule has 1 aromatic heterocycles. The van der Waals surface area contributed by atoms with E-state index in [4.69, 9.17) is 5.11 Å². The molecule has 0 saturated carbocycles. The summed E-state index contributed by atoms with van der Waals surface area (Å²) in [6.45, 7) is -0.674. The van der Waals surface area contributed by atoms with E-state index in [0.717, 1.165) is 0 Å². The number of hydrogen-bond donors (Lipinski definition) is 3. The molecule has 0 atom stereocenters. The number of nitrogens with one attached hydrogen (secondary N) is 2. The van der Waals surface area contributed by atoms with Gasteiger partial charge in [0.05, 0.1) is 0 Å². The third-order valence-corrected chi connectivity index (χ3v) is 0.976. The second-order valence-electron chi connectivity index (χ2n) is 1.98. The lowest BCUT2D eigenvalue weighted by atomic mass is 10.7. The molecule has 0 aromatic carbocycles. The van der Waals surface area contributed by atoms with Crippen molar-refractivity contribution in [3.8, 4) is 6.01 Å². The van der Waals surface area contributed by atoms with Gasteiger partial charge in [-0.2, -0.15) is 0 Å². The van der Waals surface area contributed by atoms with Crippen molar-refractivity contribution < 1.29 is 14.6 Å². The van der Waals surface area contributed by atoms with Gasteiger partial charge in [-0.15, -0.1) is 4.98 Å². The van der Waals surface area contributed by atoms with E-state index in [1.165, 1.54) is 0 Å². The Labute approximate surface area is 70.2 Å². The summed E-state index contributed by atoms with van der Waals surface area (Å²) in [6, 6.07) is -0.420. The van der Waals surface area contributed by atoms with Crippen molar-refractivity contribution in [1.82, 2.24) is 15.0 Å². The highest BCUT2D eigenvalue weighted by molar-refractivity contribution is 5.68. The first kappa shape index (κ1) is 8.97. The van der Waals surface area contributed by atoms with E-state index < -0.39 is 30.0 Å². The summed E-state index contributed by atoms with van der Waals surface area (Å²) in [7, 11) is 0. The van der Waals surface area contributed by atoms with E-state index in [9.17, 15) is 14.4 Å². The molecule has 0 spiro atoms. The third-order valence-electron chi connectivity index (χ3n) is 0.976. The topological polar surface area (TPSA) is 125 Å². The van der Waals surface area contributed by atoms with Crippen LogP contribution in [0, 0.1) is 0 Å². The fraction of sp³-hybridized carbons (Fsp3) is 0.200. The van der Waals surface area contributed by atoms with E-state index in [1.807, 2.05) is 4.98 Å². The molecule has 0 aliphatic carbocycles. The van der Waals surface area contributed by atoms with E-state index in [2.05, 4.69) is 9.72 Å². The van der Waals surface area contributed by atoms with Crippen LogP contribution < -0.4 is 16.1 Å². The van der Waals surface area contributed by atoms with Crippen molar-refractivity contribution in [2.24, 2.45) is 0 Å². The molecule has 0 radical (unpaired) electrons. The monoisotopic (exact) mass is 187 g/mol. The molecular weight excluding hydrogens is 182 g/mol. The number of nitrogens with zero attached hydrogens (tertiary/aromatic N) is 1. The van der Waals surface area contributed by atoms with Gasteiger partial charge in [0.25, 0.3) is 0 Å². The Bertz CT molecular complexity index is 390. The van der Waals surface area contributed by atoms with Gasteiger partial charge < -0.3 is 9.84 Å². The van der Waals surface area contributed by atoms with Crippen LogP contribution >= 0.6 is 0 Å². The minimum Gasteiger partial charge on any atom is -0.479 e. The average molecular weight is 187 g/mol. The molecule has 8 nitrogen and oxygen atoms in total. The Kier molecular flexibility index (Phi) is 2.43. The summed E-state index contributed by atoms with van der Waals surface area (Å²) >= 11 is 0. The van der Waals surface area contributed by atoms with Crippen LogP contribution in [0.3, 0.4) is 0 Å². The van der Waals surface area contributed by atoms with Gasteiger partial charge in [-0.05, 0) is 0 Å². The van der Waals surface area contributed by atoms with Gasteiger partial charge in [-0.3, -0.25) is 9.97 Å². The summed E-state index contributed by atoms with van der Waals surface area (Å²) < 4.78 is 4.44. The molecule has 1 heterocycles. The van der Waals surface area contributed by atoms with Crippen LogP contribution in [-0.4, -0.2) is 32.6 Å². The van der Waals surface area contributed by atoms with Crippen LogP contribution in [0.15, 0.2) is 9.59 Å². The van der Waals surface area contributed by atoms with Gasteiger partial charge in [0.1, 0.15) is 0 Å². The molecule has 13 heavy (non-hydrogen) atoms. The first-order valence-corrected chi connectivity index (χ1v) is 3.13. The fourth-order valence-corrected chi connectivity index (χ4v) is 0.572. The number of carboxylic acid groups (broad SMARTS) is 1. The Morgan fingerprint density at radius 3 is 2.69 bits per heavy atom. The number of aliphatic carboxylic acids is 1. The number of H-pyrrole nitrogens is 2. The Balaban J connectivity index is 2.84. The molecule has 0 unspecified atom stereocenters. The van der Waals surface area contributed by atoms with Crippen molar-refractivity contribution in [3.63, 3.8) is 0 Å². The number of aromatic amines is 2. The Hall–Kier alpha value is -2.12. The van der Waals surface area contributed by atoms with Crippen molar-refractivity contribution in [3.05, 3.63) is 21.0 Å². The van der Waals surface area contributed by atoms with Crippen molar-refractivity contribution >= 4 is 5.97 Å². The van der Waals surface area contributed by atoms with Crippen LogP contribution in [0.2, 0.25) is 0 Å². The normalized spacial score (nSPS) is 9.54. The molecule has 1 aromatic rings. The summed E-state index contributed by atoms with van der Waals surface area (Å²) in [5, 5.41) is 8.18. The smallest absolute Gasteiger partial charge is 0.353 e. The summed E-state index contributed by atoms with van der Waals surface area (Å²) in [4.78, 5) is 38.1. The first-order chi connectivity index (χ1) is 6.08. The van der Waals surface area contributed by atoms with Crippen molar-refractivity contribution in [2.75, 3.05) is 6.61 Å². The highest BCUT2D eigenvalue weighted by atomic mass is 16.5. The maximum absolute atomic E-state index is 10.6. The summed E-state index contributed by atoms with van der Waals surface area (Å²) in [5.41, 5.74) is -1.70. The average Bonchev–Trinajstić information content (AvgIpc) is 1.99. The predicted molar refractivity (Wildman–Crippen MR) is 38.6 cm³/mol. The van der Waals surface area contributed by atoms with Gasteiger partial charge >= 0.3 is 23.4 Å². The zero-order chi connectivity index (χ0) is 9.84. The molecule has 0 fully saturated rings. The minimum absolute atomic E-state index is 0.420. The van der Waals surface area contributed by atoms with Gasteiger partial charge in [0, 0.05) is 0 Å². The highest BCUT2D eigenvalue weighted by Crippen LogP contribution is 1.90. The Morgan fingerprint density at radius 2 is 2.15 bits per heavy atom. The van der Waals surface area contributed by atoms with Gasteiger partial charge in [0.2, 0.25) is 0 Å². The molecule has 0 amide bonds. The lowest BCUT2D eigenvalue weighted by Crippen LogP contribution is -2.26. The van der Waals surface area contributed by atoms with Crippen LogP contribution in [0.5, 0.6) is 6.01 Å². The largest absolute Gasteiger partial charge is 0.479 e. The number of carbonyl (C=O) groups is 1. The predicted octanol–water partition coefficient (Wildman–Crippen LogP) is -2.08. The maximum atomic E-state index is 10.6. The maximum Gasteiger partial charge on any atom is 0.353 e. The molecule has 70 valence electrons. The summed E-state index contributed by atoms with van der Waals surface area (Å²) in [5.74, 6) is -1.23. The molecule has 0 aliphatic rings. The number of rotatable bonds is 3. The number of carboxylic acids is 1. The van der Waals surface area contributed by atoms with Crippen molar-refractivity contribution in [1.29, 1.82) is 0 Å².